The molecule has 39 heavy (non-hydrogen) atoms. The van der Waals surface area contributed by atoms with E-state index in [1.165, 1.54) is 48.4 Å². The number of carbonyl (C=O) groups is 2. The van der Waals surface area contributed by atoms with Gasteiger partial charge in [0, 0.05) is 18.1 Å². The molecular weight excluding hydrogens is 545 g/mol. The van der Waals surface area contributed by atoms with Crippen molar-refractivity contribution in [3.05, 3.63) is 89.2 Å². The number of ether oxygens (including phenoxy) is 1. The number of halogens is 2. The van der Waals surface area contributed by atoms with Crippen LogP contribution in [-0.2, 0) is 26.2 Å². The van der Waals surface area contributed by atoms with E-state index in [9.17, 15) is 22.4 Å². The molecule has 0 radical (unpaired) electrons. The van der Waals surface area contributed by atoms with E-state index in [0.29, 0.717) is 29.3 Å². The number of sulfonamides is 1. The van der Waals surface area contributed by atoms with Crippen LogP contribution in [0.2, 0.25) is 5.02 Å². The van der Waals surface area contributed by atoms with E-state index in [-0.39, 0.29) is 23.0 Å². The number of carbonyl (C=O) groups excluding carboxylic acids is 2. The number of rotatable bonds is 12. The lowest BCUT2D eigenvalue weighted by molar-refractivity contribution is -0.139. The second kappa shape index (κ2) is 13.4. The van der Waals surface area contributed by atoms with Gasteiger partial charge in [-0.1, -0.05) is 30.7 Å². The Labute approximate surface area is 233 Å². The summed E-state index contributed by atoms with van der Waals surface area (Å²) in [6.07, 6.45) is 0.710. The van der Waals surface area contributed by atoms with Crippen molar-refractivity contribution in [3.8, 4) is 5.75 Å². The Balaban J connectivity index is 2.00. The minimum absolute atomic E-state index is 0.0382. The standard InChI is InChI=1S/C28H31ClFN3O5S/c1-4-17-31-28(35)20(2)32(18-21-5-7-22(29)8-6-21)27(34)19-33(24-11-9-23(30)10-12-24)39(36,37)26-15-13-25(38-3)14-16-26/h5-16,20H,4,17-19H2,1-3H3,(H,31,35)/t20-/m0/s1. The van der Waals surface area contributed by atoms with Crippen LogP contribution in [0.3, 0.4) is 0 Å². The molecule has 0 saturated heterocycles. The third-order valence-corrected chi connectivity index (χ3v) is 8.06. The third kappa shape index (κ3) is 7.70. The molecule has 8 nitrogen and oxygen atoms in total. The first-order valence-corrected chi connectivity index (χ1v) is 14.1. The van der Waals surface area contributed by atoms with Crippen LogP contribution in [0, 0.1) is 5.82 Å². The number of nitrogens with zero attached hydrogens (tertiary/aromatic N) is 2. The highest BCUT2D eigenvalue weighted by atomic mass is 35.5. The van der Waals surface area contributed by atoms with Crippen molar-refractivity contribution in [2.24, 2.45) is 0 Å². The van der Waals surface area contributed by atoms with Gasteiger partial charge in [-0.15, -0.1) is 0 Å². The summed E-state index contributed by atoms with van der Waals surface area (Å²) in [5.41, 5.74) is 0.796. The van der Waals surface area contributed by atoms with Crippen molar-refractivity contribution in [2.75, 3.05) is 24.5 Å². The number of amides is 2. The van der Waals surface area contributed by atoms with Crippen LogP contribution in [0.25, 0.3) is 0 Å². The van der Waals surface area contributed by atoms with Gasteiger partial charge >= 0.3 is 0 Å². The summed E-state index contributed by atoms with van der Waals surface area (Å²) in [6.45, 7) is 3.33. The molecule has 0 unspecified atom stereocenters. The lowest BCUT2D eigenvalue weighted by Gasteiger charge is -2.32. The van der Waals surface area contributed by atoms with Crippen LogP contribution in [-0.4, -0.2) is 51.4 Å². The van der Waals surface area contributed by atoms with E-state index in [0.717, 1.165) is 16.4 Å². The zero-order valence-electron chi connectivity index (χ0n) is 21.9. The fourth-order valence-electron chi connectivity index (χ4n) is 3.78. The van der Waals surface area contributed by atoms with Crippen molar-refractivity contribution in [2.45, 2.75) is 37.8 Å². The van der Waals surface area contributed by atoms with E-state index >= 15 is 0 Å². The summed E-state index contributed by atoms with van der Waals surface area (Å²) in [7, 11) is -2.81. The predicted molar refractivity (Wildman–Crippen MR) is 149 cm³/mol. The molecule has 1 atom stereocenters. The molecule has 11 heteroatoms. The number of anilines is 1. The van der Waals surface area contributed by atoms with Gasteiger partial charge in [0.05, 0.1) is 17.7 Å². The molecule has 0 bridgehead atoms. The molecule has 0 spiro atoms. The van der Waals surface area contributed by atoms with Crippen LogP contribution in [0.15, 0.2) is 77.7 Å². The predicted octanol–water partition coefficient (Wildman–Crippen LogP) is 4.63. The van der Waals surface area contributed by atoms with Crippen molar-refractivity contribution >= 4 is 39.1 Å². The van der Waals surface area contributed by atoms with Crippen molar-refractivity contribution in [3.63, 3.8) is 0 Å². The lowest BCUT2D eigenvalue weighted by atomic mass is 10.1. The molecule has 0 aliphatic carbocycles. The number of nitrogens with one attached hydrogen (secondary N) is 1. The highest BCUT2D eigenvalue weighted by Crippen LogP contribution is 2.26. The highest BCUT2D eigenvalue weighted by molar-refractivity contribution is 7.92. The molecule has 3 aromatic rings. The Morgan fingerprint density at radius 3 is 2.18 bits per heavy atom. The summed E-state index contributed by atoms with van der Waals surface area (Å²) < 4.78 is 47.2. The van der Waals surface area contributed by atoms with Gasteiger partial charge in [0.2, 0.25) is 11.8 Å². The molecule has 0 saturated carbocycles. The van der Waals surface area contributed by atoms with E-state index in [1.807, 2.05) is 6.92 Å². The smallest absolute Gasteiger partial charge is 0.264 e. The van der Waals surface area contributed by atoms with Gasteiger partial charge in [0.15, 0.2) is 0 Å². The largest absolute Gasteiger partial charge is 0.497 e. The Morgan fingerprint density at radius 1 is 1.00 bits per heavy atom. The van der Waals surface area contributed by atoms with E-state index < -0.39 is 34.3 Å². The summed E-state index contributed by atoms with van der Waals surface area (Å²) >= 11 is 6.00. The Kier molecular flexibility index (Phi) is 10.3. The van der Waals surface area contributed by atoms with Crippen LogP contribution >= 0.6 is 11.6 Å². The molecule has 0 heterocycles. The second-order valence-electron chi connectivity index (χ2n) is 8.78. The minimum Gasteiger partial charge on any atom is -0.497 e. The number of methoxy groups -OCH3 is 1. The molecule has 0 aliphatic rings. The fraction of sp³-hybridized carbons (Fsp3) is 0.286. The lowest BCUT2D eigenvalue weighted by Crippen LogP contribution is -2.51. The van der Waals surface area contributed by atoms with Gasteiger partial charge in [-0.2, -0.15) is 0 Å². The molecule has 2 amide bonds. The molecule has 3 rings (SSSR count). The molecule has 208 valence electrons. The quantitative estimate of drug-likeness (QED) is 0.340. The first-order chi connectivity index (χ1) is 18.6. The normalized spacial score (nSPS) is 11.9. The summed E-state index contributed by atoms with van der Waals surface area (Å²) in [6, 6.07) is 16.4. The summed E-state index contributed by atoms with van der Waals surface area (Å²) in [4.78, 5) is 27.9. The fourth-order valence-corrected chi connectivity index (χ4v) is 5.32. The maximum absolute atomic E-state index is 13.8. The molecular formula is C28H31ClFN3O5S. The topological polar surface area (TPSA) is 96.0 Å². The Bertz CT molecular complexity index is 1370. The zero-order chi connectivity index (χ0) is 28.6. The average Bonchev–Trinajstić information content (AvgIpc) is 2.94. The van der Waals surface area contributed by atoms with E-state index in [4.69, 9.17) is 16.3 Å². The SMILES string of the molecule is CCCNC(=O)[C@H](C)N(Cc1ccc(Cl)cc1)C(=O)CN(c1ccc(F)cc1)S(=O)(=O)c1ccc(OC)cc1. The van der Waals surface area contributed by atoms with Crippen molar-refractivity contribution < 1.29 is 27.1 Å². The summed E-state index contributed by atoms with van der Waals surface area (Å²) in [5.74, 6) is -1.09. The second-order valence-corrected chi connectivity index (χ2v) is 11.1. The summed E-state index contributed by atoms with van der Waals surface area (Å²) in [5, 5.41) is 3.29. The third-order valence-electron chi connectivity index (χ3n) is 6.02. The number of benzene rings is 3. The van der Waals surface area contributed by atoms with Crippen molar-refractivity contribution in [1.29, 1.82) is 0 Å². The molecule has 1 N–H and O–H groups in total. The van der Waals surface area contributed by atoms with Gasteiger partial charge < -0.3 is 15.0 Å². The molecule has 0 aliphatic heterocycles. The monoisotopic (exact) mass is 575 g/mol. The number of hydrogen-bond donors (Lipinski definition) is 1. The van der Waals surface area contributed by atoms with Crippen LogP contribution in [0.1, 0.15) is 25.8 Å². The first kappa shape index (κ1) is 29.9. The van der Waals surface area contributed by atoms with E-state index in [2.05, 4.69) is 5.32 Å². The van der Waals surface area contributed by atoms with Crippen molar-refractivity contribution in [1.82, 2.24) is 10.2 Å². The van der Waals surface area contributed by atoms with Gasteiger partial charge in [-0.05, 0) is 79.6 Å². The molecule has 3 aromatic carbocycles. The Hall–Kier alpha value is -3.63. The van der Waals surface area contributed by atoms with Crippen LogP contribution in [0.5, 0.6) is 5.75 Å². The zero-order valence-corrected chi connectivity index (χ0v) is 23.5. The first-order valence-electron chi connectivity index (χ1n) is 12.3. The maximum Gasteiger partial charge on any atom is 0.264 e. The van der Waals surface area contributed by atoms with Gasteiger partial charge in [-0.25, -0.2) is 12.8 Å². The Morgan fingerprint density at radius 2 is 1.62 bits per heavy atom. The minimum atomic E-state index is -4.27. The highest BCUT2D eigenvalue weighted by Gasteiger charge is 2.32. The van der Waals surface area contributed by atoms with E-state index in [1.54, 1.807) is 31.2 Å². The van der Waals surface area contributed by atoms with Gasteiger partial charge in [0.1, 0.15) is 24.2 Å². The van der Waals surface area contributed by atoms with Gasteiger partial charge in [-0.3, -0.25) is 13.9 Å². The van der Waals surface area contributed by atoms with Crippen LogP contribution < -0.4 is 14.4 Å². The van der Waals surface area contributed by atoms with Crippen LogP contribution in [0.4, 0.5) is 10.1 Å². The van der Waals surface area contributed by atoms with Gasteiger partial charge in [0.25, 0.3) is 10.0 Å². The molecule has 0 fully saturated rings. The molecule has 0 aromatic heterocycles. The number of hydrogen-bond acceptors (Lipinski definition) is 5. The maximum atomic E-state index is 13.8. The average molecular weight is 576 g/mol.